The second kappa shape index (κ2) is 5.38. The van der Waals surface area contributed by atoms with Crippen LogP contribution < -0.4 is 10.0 Å². The van der Waals surface area contributed by atoms with Crippen LogP contribution in [0.25, 0.3) is 0 Å². The van der Waals surface area contributed by atoms with Crippen LogP contribution in [0.2, 0.25) is 0 Å². The fourth-order valence-electron chi connectivity index (χ4n) is 2.94. The van der Waals surface area contributed by atoms with Crippen molar-refractivity contribution in [3.8, 4) is 0 Å². The van der Waals surface area contributed by atoms with Gasteiger partial charge in [-0.25, -0.2) is 13.1 Å². The van der Waals surface area contributed by atoms with Gasteiger partial charge in [0.15, 0.2) is 0 Å². The van der Waals surface area contributed by atoms with Gasteiger partial charge in [0.05, 0.1) is 7.57 Å². The van der Waals surface area contributed by atoms with Crippen LogP contribution in [-0.4, -0.2) is 26.5 Å². The van der Waals surface area contributed by atoms with Gasteiger partial charge >= 0.3 is 0 Å². The van der Waals surface area contributed by atoms with E-state index in [0.29, 0.717) is 20.8 Å². The van der Waals surface area contributed by atoms with E-state index in [1.165, 1.54) is 11.3 Å². The Labute approximate surface area is 133 Å². The highest BCUT2D eigenvalue weighted by molar-refractivity contribution is 9.12. The van der Waals surface area contributed by atoms with E-state index in [1.54, 1.807) is 6.07 Å². The van der Waals surface area contributed by atoms with Crippen LogP contribution in [-0.2, 0) is 10.0 Å². The fraction of sp³-hybridized carbons (Fsp3) is 0.636. The van der Waals surface area contributed by atoms with E-state index in [-0.39, 0.29) is 6.04 Å². The zero-order chi connectivity index (χ0) is 13.6. The van der Waals surface area contributed by atoms with Crippen molar-refractivity contribution in [3.05, 3.63) is 13.6 Å². The van der Waals surface area contributed by atoms with E-state index in [2.05, 4.69) is 41.9 Å². The molecular formula is C11H14Br2N2O2S2. The van der Waals surface area contributed by atoms with E-state index in [1.807, 2.05) is 0 Å². The van der Waals surface area contributed by atoms with Crippen LogP contribution in [0, 0.1) is 0 Å². The fourth-order valence-corrected chi connectivity index (χ4v) is 8.02. The molecule has 2 aliphatic heterocycles. The molecule has 3 rings (SSSR count). The number of hydrogen-bond donors (Lipinski definition) is 2. The van der Waals surface area contributed by atoms with Crippen molar-refractivity contribution in [1.29, 1.82) is 0 Å². The summed E-state index contributed by atoms with van der Waals surface area (Å²) < 4.78 is 29.1. The Balaban J connectivity index is 1.77. The van der Waals surface area contributed by atoms with E-state index in [4.69, 9.17) is 0 Å². The Kier molecular flexibility index (Phi) is 4.10. The van der Waals surface area contributed by atoms with Crippen molar-refractivity contribution in [1.82, 2.24) is 10.0 Å². The Hall–Kier alpha value is 0.530. The van der Waals surface area contributed by atoms with E-state index < -0.39 is 10.0 Å². The molecule has 0 amide bonds. The largest absolute Gasteiger partial charge is 0.311 e. The van der Waals surface area contributed by atoms with Crippen LogP contribution in [0.4, 0.5) is 0 Å². The lowest BCUT2D eigenvalue weighted by Gasteiger charge is -2.29. The number of fused-ring (bicyclic) bond motifs is 2. The monoisotopic (exact) mass is 428 g/mol. The molecule has 1 aromatic rings. The molecule has 0 aliphatic carbocycles. The molecule has 1 aromatic heterocycles. The molecule has 0 spiro atoms. The van der Waals surface area contributed by atoms with E-state index in [9.17, 15) is 8.42 Å². The lowest BCUT2D eigenvalue weighted by atomic mass is 10.0. The Morgan fingerprint density at radius 2 is 1.89 bits per heavy atom. The van der Waals surface area contributed by atoms with Gasteiger partial charge in [0.2, 0.25) is 10.0 Å². The first-order valence-electron chi connectivity index (χ1n) is 6.17. The summed E-state index contributed by atoms with van der Waals surface area (Å²) in [6, 6.07) is 2.65. The van der Waals surface area contributed by atoms with E-state index in [0.717, 1.165) is 29.5 Å². The Bertz CT molecular complexity index is 576. The molecule has 106 valence electrons. The molecule has 2 fully saturated rings. The number of thiophene rings is 1. The highest BCUT2D eigenvalue weighted by Gasteiger charge is 2.35. The predicted molar refractivity (Wildman–Crippen MR) is 83.0 cm³/mol. The maximum Gasteiger partial charge on any atom is 0.242 e. The van der Waals surface area contributed by atoms with Gasteiger partial charge in [-0.2, -0.15) is 0 Å². The normalized spacial score (nSPS) is 30.7. The first-order valence-corrected chi connectivity index (χ1v) is 10.1. The smallest absolute Gasteiger partial charge is 0.242 e. The average molecular weight is 430 g/mol. The number of rotatable bonds is 3. The molecular weight excluding hydrogens is 416 g/mol. The second-order valence-corrected chi connectivity index (χ2v) is 10.5. The van der Waals surface area contributed by atoms with Gasteiger partial charge in [-0.05, 0) is 63.6 Å². The summed E-state index contributed by atoms with van der Waals surface area (Å²) in [5.74, 6) is 0. The highest BCUT2D eigenvalue weighted by atomic mass is 79.9. The molecule has 2 aliphatic rings. The molecule has 2 unspecified atom stereocenters. The molecule has 2 N–H and O–H groups in total. The summed E-state index contributed by atoms with van der Waals surface area (Å²) in [5.41, 5.74) is 0. The van der Waals surface area contributed by atoms with Crippen LogP contribution in [0.1, 0.15) is 25.7 Å². The molecule has 8 heteroatoms. The summed E-state index contributed by atoms with van der Waals surface area (Å²) in [7, 11) is -3.43. The maximum absolute atomic E-state index is 12.4. The third kappa shape index (κ3) is 3.08. The number of sulfonamides is 1. The van der Waals surface area contributed by atoms with Crippen molar-refractivity contribution < 1.29 is 8.42 Å². The zero-order valence-corrected chi connectivity index (χ0v) is 14.8. The SMILES string of the molecule is O=S(=O)(NC1CC2CCC(C1)N2)c1cc(Br)sc1Br. The highest BCUT2D eigenvalue weighted by Crippen LogP contribution is 2.35. The van der Waals surface area contributed by atoms with Crippen LogP contribution in [0.5, 0.6) is 0 Å². The van der Waals surface area contributed by atoms with Gasteiger partial charge in [-0.1, -0.05) is 0 Å². The Morgan fingerprint density at radius 3 is 2.42 bits per heavy atom. The minimum absolute atomic E-state index is 0.0503. The van der Waals surface area contributed by atoms with Crippen molar-refractivity contribution in [2.24, 2.45) is 0 Å². The summed E-state index contributed by atoms with van der Waals surface area (Å²) in [4.78, 5) is 0.329. The number of hydrogen-bond acceptors (Lipinski definition) is 4. The zero-order valence-electron chi connectivity index (χ0n) is 10.0. The molecule has 19 heavy (non-hydrogen) atoms. The lowest BCUT2D eigenvalue weighted by molar-refractivity contribution is 0.345. The summed E-state index contributed by atoms with van der Waals surface area (Å²) >= 11 is 8.00. The van der Waals surface area contributed by atoms with Gasteiger partial charge in [-0.15, -0.1) is 11.3 Å². The molecule has 0 aromatic carbocycles. The number of piperidine rings is 1. The third-order valence-electron chi connectivity index (χ3n) is 3.71. The van der Waals surface area contributed by atoms with Gasteiger partial charge in [0.1, 0.15) is 4.90 Å². The lowest BCUT2D eigenvalue weighted by Crippen LogP contribution is -2.47. The number of halogens is 2. The predicted octanol–water partition coefficient (Wildman–Crippen LogP) is 2.83. The quantitative estimate of drug-likeness (QED) is 0.776. The van der Waals surface area contributed by atoms with Crippen LogP contribution >= 0.6 is 43.2 Å². The molecule has 0 saturated carbocycles. The van der Waals surface area contributed by atoms with Gasteiger partial charge in [0, 0.05) is 18.1 Å². The molecule has 4 nitrogen and oxygen atoms in total. The molecule has 2 saturated heterocycles. The molecule has 2 bridgehead atoms. The second-order valence-electron chi connectivity index (χ2n) is 5.12. The first-order chi connectivity index (χ1) is 8.94. The Morgan fingerprint density at radius 1 is 1.26 bits per heavy atom. The minimum Gasteiger partial charge on any atom is -0.311 e. The average Bonchev–Trinajstić information content (AvgIpc) is 2.81. The van der Waals surface area contributed by atoms with Gasteiger partial charge in [0.25, 0.3) is 0 Å². The maximum atomic E-state index is 12.4. The third-order valence-corrected chi connectivity index (χ3v) is 7.99. The summed E-state index contributed by atoms with van der Waals surface area (Å²) in [5, 5.41) is 3.51. The summed E-state index contributed by atoms with van der Waals surface area (Å²) in [6.45, 7) is 0. The first kappa shape index (κ1) is 14.5. The van der Waals surface area contributed by atoms with Crippen molar-refractivity contribution in [2.45, 2.75) is 48.7 Å². The standard InChI is InChI=1S/C11H14Br2N2O2S2/c12-10-5-9(11(13)18-10)19(16,17)15-8-3-6-1-2-7(4-8)14-6/h5-8,14-15H,1-4H2. The number of nitrogens with one attached hydrogen (secondary N) is 2. The molecule has 0 radical (unpaired) electrons. The topological polar surface area (TPSA) is 58.2 Å². The van der Waals surface area contributed by atoms with Crippen molar-refractivity contribution in [3.63, 3.8) is 0 Å². The molecule has 3 heterocycles. The van der Waals surface area contributed by atoms with Crippen molar-refractivity contribution >= 4 is 53.2 Å². The van der Waals surface area contributed by atoms with Gasteiger partial charge in [-0.3, -0.25) is 0 Å². The molecule has 2 atom stereocenters. The minimum atomic E-state index is -3.43. The van der Waals surface area contributed by atoms with E-state index >= 15 is 0 Å². The van der Waals surface area contributed by atoms with Crippen LogP contribution in [0.3, 0.4) is 0 Å². The van der Waals surface area contributed by atoms with Gasteiger partial charge < -0.3 is 5.32 Å². The van der Waals surface area contributed by atoms with Crippen molar-refractivity contribution in [2.75, 3.05) is 0 Å². The summed E-state index contributed by atoms with van der Waals surface area (Å²) in [6.07, 6.45) is 4.10. The van der Waals surface area contributed by atoms with Crippen LogP contribution in [0.15, 0.2) is 18.5 Å².